The summed E-state index contributed by atoms with van der Waals surface area (Å²) >= 11 is 7.90. The Kier molecular flexibility index (Phi) is 14.3. The van der Waals surface area contributed by atoms with Crippen LogP contribution in [0.4, 0.5) is 0 Å². The first-order chi connectivity index (χ1) is 8.19. The molecule has 96 valence electrons. The van der Waals surface area contributed by atoms with Gasteiger partial charge in [-0.15, -0.1) is 9.80 Å². The van der Waals surface area contributed by atoms with Crippen LogP contribution in [0.2, 0.25) is 0 Å². The van der Waals surface area contributed by atoms with Crippen molar-refractivity contribution in [1.29, 1.82) is 0 Å². The van der Waals surface area contributed by atoms with Crippen molar-refractivity contribution < 1.29 is 0 Å². The topological polar surface area (TPSA) is 0 Å². The van der Waals surface area contributed by atoms with Crippen LogP contribution in [0.1, 0.15) is 37.5 Å². The second-order valence-electron chi connectivity index (χ2n) is 2.93. The molecule has 3 heteroatoms. The summed E-state index contributed by atoms with van der Waals surface area (Å²) < 4.78 is 0. The Balaban J connectivity index is 0. The number of hydrogen-bond donors (Lipinski definition) is 1. The van der Waals surface area contributed by atoms with Crippen LogP contribution in [-0.4, -0.2) is 0 Å². The second kappa shape index (κ2) is 12.5. The fourth-order valence-electron chi connectivity index (χ4n) is 1.21. The minimum absolute atomic E-state index is 0.776. The Labute approximate surface area is 128 Å². The third-order valence-corrected chi connectivity index (χ3v) is 2.36. The lowest BCUT2D eigenvalue weighted by Crippen LogP contribution is -1.85. The van der Waals surface area contributed by atoms with E-state index >= 15 is 0 Å². The molecular formula is C14H20ClIS. The molecule has 0 saturated heterocycles. The highest BCUT2D eigenvalue weighted by Gasteiger charge is 2.02. The Morgan fingerprint density at radius 1 is 1.35 bits per heavy atom. The smallest absolute Gasteiger partial charge is 0.0441 e. The molecule has 0 aliphatic heterocycles. The highest BCUT2D eigenvalue weighted by atomic mass is 127. The third-order valence-electron chi connectivity index (χ3n) is 1.94. The van der Waals surface area contributed by atoms with E-state index in [9.17, 15) is 0 Å². The van der Waals surface area contributed by atoms with Crippen molar-refractivity contribution in [3.05, 3.63) is 47.5 Å². The molecule has 0 N–H and O–H groups in total. The quantitative estimate of drug-likeness (QED) is 0.436. The summed E-state index contributed by atoms with van der Waals surface area (Å²) in [6.07, 6.45) is 3.71. The van der Waals surface area contributed by atoms with E-state index in [1.807, 2.05) is 60.2 Å². The largest absolute Gasteiger partial charge is 0.107 e. The first kappa shape index (κ1) is 19.4. The van der Waals surface area contributed by atoms with Crippen molar-refractivity contribution in [1.82, 2.24) is 0 Å². The SMILES string of the molecule is C=Cc1ccc(C)cc1/C(Cl)=C\C.CC.SI. The highest BCUT2D eigenvalue weighted by Crippen LogP contribution is 2.24. The molecule has 0 unspecified atom stereocenters. The molecule has 0 bridgehead atoms. The van der Waals surface area contributed by atoms with Gasteiger partial charge in [-0.05, 0) is 46.7 Å². The number of benzene rings is 1. The molecule has 0 aliphatic rings. The van der Waals surface area contributed by atoms with Crippen LogP contribution >= 0.6 is 42.6 Å². The summed E-state index contributed by atoms with van der Waals surface area (Å²) in [6, 6.07) is 6.16. The normalized spacial score (nSPS) is 9.47. The summed E-state index contributed by atoms with van der Waals surface area (Å²) in [5, 5.41) is 0.776. The Morgan fingerprint density at radius 3 is 2.29 bits per heavy atom. The number of allylic oxidation sites excluding steroid dienone is 1. The van der Waals surface area contributed by atoms with Crippen LogP contribution in [0.3, 0.4) is 0 Å². The van der Waals surface area contributed by atoms with E-state index in [1.54, 1.807) is 0 Å². The molecule has 1 aromatic carbocycles. The van der Waals surface area contributed by atoms with Crippen molar-refractivity contribution in [3.63, 3.8) is 0 Å². The maximum absolute atomic E-state index is 6.06. The zero-order valence-corrected chi connectivity index (χ0v) is 14.6. The third kappa shape index (κ3) is 7.17. The molecule has 0 atom stereocenters. The molecule has 0 radical (unpaired) electrons. The lowest BCUT2D eigenvalue weighted by atomic mass is 10.0. The predicted octanol–water partition coefficient (Wildman–Crippen LogP) is 6.53. The summed E-state index contributed by atoms with van der Waals surface area (Å²) in [5.41, 5.74) is 3.34. The van der Waals surface area contributed by atoms with E-state index in [4.69, 9.17) is 11.6 Å². The van der Waals surface area contributed by atoms with Gasteiger partial charge in [0.1, 0.15) is 0 Å². The fraction of sp³-hybridized carbons (Fsp3) is 0.286. The minimum atomic E-state index is 0.776. The van der Waals surface area contributed by atoms with Gasteiger partial charge in [-0.1, -0.05) is 61.9 Å². The van der Waals surface area contributed by atoms with Crippen molar-refractivity contribution in [3.8, 4) is 0 Å². The molecule has 17 heavy (non-hydrogen) atoms. The molecule has 1 aromatic rings. The summed E-state index contributed by atoms with van der Waals surface area (Å²) in [7, 11) is 3.50. The van der Waals surface area contributed by atoms with Gasteiger partial charge in [-0.25, -0.2) is 0 Å². The number of hydrogen-bond acceptors (Lipinski definition) is 1. The molecule has 0 aliphatic carbocycles. The van der Waals surface area contributed by atoms with Crippen LogP contribution in [0.25, 0.3) is 11.1 Å². The lowest BCUT2D eigenvalue weighted by Gasteiger charge is -2.05. The van der Waals surface area contributed by atoms with E-state index in [1.165, 1.54) is 5.56 Å². The zero-order chi connectivity index (χ0) is 13.8. The van der Waals surface area contributed by atoms with Gasteiger partial charge in [-0.3, -0.25) is 0 Å². The van der Waals surface area contributed by atoms with E-state index in [2.05, 4.69) is 35.4 Å². The molecule has 0 saturated carbocycles. The molecule has 1 rings (SSSR count). The molecule has 0 nitrogen and oxygen atoms in total. The van der Waals surface area contributed by atoms with Gasteiger partial charge >= 0.3 is 0 Å². The van der Waals surface area contributed by atoms with Gasteiger partial charge in [0.05, 0.1) is 0 Å². The van der Waals surface area contributed by atoms with Crippen molar-refractivity contribution >= 4 is 53.7 Å². The fourth-order valence-corrected chi connectivity index (χ4v) is 1.37. The Bertz CT molecular complexity index is 359. The monoisotopic (exact) mass is 382 g/mol. The maximum atomic E-state index is 6.06. The molecular weight excluding hydrogens is 363 g/mol. The number of rotatable bonds is 2. The Hall–Kier alpha value is 0.0700. The van der Waals surface area contributed by atoms with Gasteiger partial charge in [0.2, 0.25) is 0 Å². The van der Waals surface area contributed by atoms with E-state index in [-0.39, 0.29) is 0 Å². The minimum Gasteiger partial charge on any atom is -0.107 e. The number of halogens is 2. The van der Waals surface area contributed by atoms with Crippen LogP contribution in [0, 0.1) is 6.92 Å². The van der Waals surface area contributed by atoms with E-state index in [0.29, 0.717) is 0 Å². The predicted molar refractivity (Wildman–Crippen MR) is 95.1 cm³/mol. The molecule has 0 fully saturated rings. The van der Waals surface area contributed by atoms with Crippen LogP contribution < -0.4 is 0 Å². The average Bonchev–Trinajstić information content (AvgIpc) is 2.42. The van der Waals surface area contributed by atoms with Crippen LogP contribution in [0.5, 0.6) is 0 Å². The first-order valence-electron chi connectivity index (χ1n) is 5.41. The standard InChI is InChI=1S/C12H13Cl.C2H6.HIS/c1-4-10-7-6-9(3)8-11(10)12(13)5-2;2*1-2/h4-8H,1H2,2-3H3;1-2H3;2H/b12-5+;;. The first-order valence-corrected chi connectivity index (χ1v) is 9.02. The van der Waals surface area contributed by atoms with E-state index in [0.717, 1.165) is 16.2 Å². The van der Waals surface area contributed by atoms with Gasteiger partial charge in [-0.2, -0.15) is 0 Å². The summed E-state index contributed by atoms with van der Waals surface area (Å²) in [5.74, 6) is 0. The van der Waals surface area contributed by atoms with Gasteiger partial charge in [0, 0.05) is 10.6 Å². The summed E-state index contributed by atoms with van der Waals surface area (Å²) in [4.78, 5) is 0. The molecule has 0 heterocycles. The van der Waals surface area contributed by atoms with Gasteiger partial charge in [0.15, 0.2) is 0 Å². The number of thiol groups is 1. The Morgan fingerprint density at radius 2 is 1.88 bits per heavy atom. The zero-order valence-electron chi connectivity index (χ0n) is 10.8. The second-order valence-corrected chi connectivity index (χ2v) is 3.34. The van der Waals surface area contributed by atoms with E-state index < -0.39 is 0 Å². The summed E-state index contributed by atoms with van der Waals surface area (Å²) in [6.45, 7) is 11.7. The van der Waals surface area contributed by atoms with Crippen molar-refractivity contribution in [2.45, 2.75) is 27.7 Å². The van der Waals surface area contributed by atoms with Crippen molar-refractivity contribution in [2.24, 2.45) is 0 Å². The van der Waals surface area contributed by atoms with Gasteiger partial charge in [0.25, 0.3) is 0 Å². The highest BCUT2D eigenvalue weighted by molar-refractivity contribution is 14.2. The molecule has 0 spiro atoms. The molecule has 0 aromatic heterocycles. The average molecular weight is 383 g/mol. The van der Waals surface area contributed by atoms with Gasteiger partial charge < -0.3 is 0 Å². The van der Waals surface area contributed by atoms with Crippen LogP contribution in [-0.2, 0) is 0 Å². The van der Waals surface area contributed by atoms with Crippen LogP contribution in [0.15, 0.2) is 30.9 Å². The van der Waals surface area contributed by atoms with Crippen molar-refractivity contribution in [2.75, 3.05) is 0 Å². The lowest BCUT2D eigenvalue weighted by molar-refractivity contribution is 1.44. The maximum Gasteiger partial charge on any atom is 0.0441 e. The molecule has 0 amide bonds. The number of aryl methyl sites for hydroxylation is 1.